The molecule has 3 aromatic rings. The molecular weight excluding hydrogens is 462 g/mol. The van der Waals surface area contributed by atoms with E-state index >= 15 is 0 Å². The lowest BCUT2D eigenvalue weighted by atomic mass is 10.0. The fraction of sp³-hybridized carbons (Fsp3) is 0.435. The van der Waals surface area contributed by atoms with Crippen molar-refractivity contribution in [3.8, 4) is 11.6 Å². The minimum atomic E-state index is -0.450. The number of fused-ring (bicyclic) bond motifs is 2. The summed E-state index contributed by atoms with van der Waals surface area (Å²) in [6, 6.07) is 5.79. The molecule has 0 unspecified atom stereocenters. The highest BCUT2D eigenvalue weighted by Crippen LogP contribution is 2.35. The van der Waals surface area contributed by atoms with E-state index in [1.54, 1.807) is 37.3 Å². The van der Waals surface area contributed by atoms with Crippen molar-refractivity contribution in [3.05, 3.63) is 46.9 Å². The molecule has 0 amide bonds. The van der Waals surface area contributed by atoms with Gasteiger partial charge < -0.3 is 24.8 Å². The second-order valence-electron chi connectivity index (χ2n) is 8.23. The molecule has 0 radical (unpaired) electrons. The van der Waals surface area contributed by atoms with Crippen molar-refractivity contribution < 1.29 is 14.6 Å². The molecule has 1 fully saturated rings. The number of rotatable bonds is 7. The molecule has 2 aliphatic heterocycles. The molecule has 5 heterocycles. The standard InChI is InChI=1S/C23H26ClN5O3S/c1-31-22-3-2-18-23(28-22)15(16(24)10-27-18)4-6-29-7-5-17(19(30)12-29)26-9-14-8-21-20(11-25-14)32-13-33-21/h2-3,8,10-11,17,19,26,30H,4-7,9,12-13H2,1H3/t17-,19-/m0/s1. The molecule has 0 aliphatic carbocycles. The SMILES string of the molecule is COc1ccc2ncc(Cl)c(CCN3CC[C@H](NCc4cc5c(cn4)OCS5)[C@@H](O)C3)c2n1. The number of aliphatic hydroxyl groups is 1. The molecule has 2 atom stereocenters. The zero-order valence-corrected chi connectivity index (χ0v) is 19.9. The average molecular weight is 488 g/mol. The number of hydrogen-bond acceptors (Lipinski definition) is 9. The number of nitrogens with zero attached hydrogens (tertiary/aromatic N) is 4. The molecule has 0 bridgehead atoms. The Morgan fingerprint density at radius 2 is 2.24 bits per heavy atom. The van der Waals surface area contributed by atoms with Crippen LogP contribution in [-0.2, 0) is 13.0 Å². The van der Waals surface area contributed by atoms with Gasteiger partial charge in [0.15, 0.2) is 5.75 Å². The highest BCUT2D eigenvalue weighted by Gasteiger charge is 2.27. The normalized spacial score (nSPS) is 20.6. The number of β-amino-alcohol motifs (C(OH)–C–C–N with tert-alkyl or cyclic N) is 1. The fourth-order valence-electron chi connectivity index (χ4n) is 4.31. The second-order valence-corrected chi connectivity index (χ2v) is 9.60. The van der Waals surface area contributed by atoms with Crippen molar-refractivity contribution in [1.29, 1.82) is 0 Å². The van der Waals surface area contributed by atoms with Crippen LogP contribution in [-0.4, -0.2) is 69.8 Å². The third-order valence-corrected chi connectivity index (χ3v) is 7.35. The highest BCUT2D eigenvalue weighted by molar-refractivity contribution is 7.99. The first kappa shape index (κ1) is 22.6. The van der Waals surface area contributed by atoms with Crippen LogP contribution < -0.4 is 14.8 Å². The Hall–Kier alpha value is -2.17. The van der Waals surface area contributed by atoms with Crippen molar-refractivity contribution in [2.45, 2.75) is 36.4 Å². The second kappa shape index (κ2) is 9.99. The third-order valence-electron chi connectivity index (χ3n) is 6.16. The molecule has 0 saturated carbocycles. The first-order valence-electron chi connectivity index (χ1n) is 11.0. The van der Waals surface area contributed by atoms with Crippen molar-refractivity contribution in [2.75, 3.05) is 32.7 Å². The van der Waals surface area contributed by atoms with Gasteiger partial charge in [0.25, 0.3) is 0 Å². The zero-order valence-electron chi connectivity index (χ0n) is 18.3. The van der Waals surface area contributed by atoms with E-state index in [0.29, 0.717) is 29.9 Å². The molecule has 1 saturated heterocycles. The van der Waals surface area contributed by atoms with Crippen molar-refractivity contribution >= 4 is 34.4 Å². The molecule has 0 aromatic carbocycles. The maximum Gasteiger partial charge on any atom is 0.213 e. The van der Waals surface area contributed by atoms with Crippen molar-refractivity contribution in [1.82, 2.24) is 25.2 Å². The predicted molar refractivity (Wildman–Crippen MR) is 128 cm³/mol. The number of nitrogens with one attached hydrogen (secondary N) is 1. The van der Waals surface area contributed by atoms with Crippen LogP contribution in [0.3, 0.4) is 0 Å². The smallest absolute Gasteiger partial charge is 0.213 e. The monoisotopic (exact) mass is 487 g/mol. The molecule has 8 nitrogen and oxygen atoms in total. The van der Waals surface area contributed by atoms with Crippen LogP contribution in [0.1, 0.15) is 17.7 Å². The number of pyridine rings is 3. The molecule has 2 aliphatic rings. The molecule has 0 spiro atoms. The summed E-state index contributed by atoms with van der Waals surface area (Å²) < 4.78 is 10.8. The first-order chi connectivity index (χ1) is 16.1. The molecule has 5 rings (SSSR count). The molecule has 2 N–H and O–H groups in total. The summed E-state index contributed by atoms with van der Waals surface area (Å²) in [5.74, 6) is 2.04. The van der Waals surface area contributed by atoms with Gasteiger partial charge in [0.2, 0.25) is 5.88 Å². The minimum absolute atomic E-state index is 0.0384. The average Bonchev–Trinajstić information content (AvgIpc) is 3.30. The quantitative estimate of drug-likeness (QED) is 0.521. The third kappa shape index (κ3) is 5.02. The van der Waals surface area contributed by atoms with Crippen LogP contribution >= 0.6 is 23.4 Å². The predicted octanol–water partition coefficient (Wildman–Crippen LogP) is 2.90. The number of thioether (sulfide) groups is 1. The number of methoxy groups -OCH3 is 1. The van der Waals surface area contributed by atoms with Gasteiger partial charge in [0.05, 0.1) is 46.1 Å². The number of aromatic nitrogens is 3. The van der Waals surface area contributed by atoms with Crippen LogP contribution in [0.4, 0.5) is 0 Å². The van der Waals surface area contributed by atoms with Gasteiger partial charge in [0, 0.05) is 43.5 Å². The van der Waals surface area contributed by atoms with Gasteiger partial charge in [-0.15, -0.1) is 0 Å². The maximum absolute atomic E-state index is 10.8. The summed E-state index contributed by atoms with van der Waals surface area (Å²) in [4.78, 5) is 16.8. The number of piperidine rings is 1. The summed E-state index contributed by atoms with van der Waals surface area (Å²) in [5, 5.41) is 14.8. The van der Waals surface area contributed by atoms with E-state index in [1.165, 1.54) is 0 Å². The van der Waals surface area contributed by atoms with Crippen LogP contribution in [0.25, 0.3) is 11.0 Å². The van der Waals surface area contributed by atoms with Gasteiger partial charge in [-0.25, -0.2) is 4.98 Å². The van der Waals surface area contributed by atoms with E-state index < -0.39 is 6.10 Å². The summed E-state index contributed by atoms with van der Waals surface area (Å²) in [6.45, 7) is 2.91. The number of aliphatic hydroxyl groups excluding tert-OH is 1. The Kier molecular flexibility index (Phi) is 6.84. The Bertz CT molecular complexity index is 1150. The summed E-state index contributed by atoms with van der Waals surface area (Å²) >= 11 is 8.15. The summed E-state index contributed by atoms with van der Waals surface area (Å²) in [6.07, 6.45) is 4.59. The van der Waals surface area contributed by atoms with Crippen LogP contribution in [0.2, 0.25) is 5.02 Å². The Labute approximate surface area is 201 Å². The molecular formula is C23H26ClN5O3S. The number of likely N-dealkylation sites (tertiary alicyclic amines) is 1. The largest absolute Gasteiger partial charge is 0.481 e. The Morgan fingerprint density at radius 1 is 1.33 bits per heavy atom. The van der Waals surface area contributed by atoms with E-state index in [0.717, 1.165) is 58.9 Å². The maximum atomic E-state index is 10.8. The van der Waals surface area contributed by atoms with Gasteiger partial charge in [-0.2, -0.15) is 0 Å². The van der Waals surface area contributed by atoms with E-state index in [9.17, 15) is 5.11 Å². The van der Waals surface area contributed by atoms with E-state index in [4.69, 9.17) is 21.1 Å². The van der Waals surface area contributed by atoms with E-state index in [-0.39, 0.29) is 6.04 Å². The lowest BCUT2D eigenvalue weighted by molar-refractivity contribution is 0.0403. The van der Waals surface area contributed by atoms with E-state index in [2.05, 4.69) is 31.2 Å². The summed E-state index contributed by atoms with van der Waals surface area (Å²) in [7, 11) is 1.60. The Morgan fingerprint density at radius 3 is 3.09 bits per heavy atom. The fourth-order valence-corrected chi connectivity index (χ4v) is 5.33. The lowest BCUT2D eigenvalue weighted by Crippen LogP contribution is -2.52. The van der Waals surface area contributed by atoms with Crippen molar-refractivity contribution in [3.63, 3.8) is 0 Å². The minimum Gasteiger partial charge on any atom is -0.481 e. The summed E-state index contributed by atoms with van der Waals surface area (Å²) in [5.41, 5.74) is 3.48. The van der Waals surface area contributed by atoms with Gasteiger partial charge in [-0.1, -0.05) is 23.4 Å². The molecule has 33 heavy (non-hydrogen) atoms. The highest BCUT2D eigenvalue weighted by atomic mass is 35.5. The van der Waals surface area contributed by atoms with Crippen LogP contribution in [0.5, 0.6) is 11.6 Å². The first-order valence-corrected chi connectivity index (χ1v) is 12.3. The molecule has 10 heteroatoms. The van der Waals surface area contributed by atoms with Gasteiger partial charge in [-0.3, -0.25) is 9.97 Å². The zero-order chi connectivity index (χ0) is 22.8. The molecule has 3 aromatic heterocycles. The Balaban J connectivity index is 1.17. The number of hydrogen-bond donors (Lipinski definition) is 2. The number of halogens is 1. The van der Waals surface area contributed by atoms with Crippen LogP contribution in [0, 0.1) is 0 Å². The number of ether oxygens (including phenoxy) is 2. The van der Waals surface area contributed by atoms with Gasteiger partial charge in [-0.05, 0) is 31.5 Å². The van der Waals surface area contributed by atoms with Crippen molar-refractivity contribution in [2.24, 2.45) is 0 Å². The topological polar surface area (TPSA) is 92.6 Å². The van der Waals surface area contributed by atoms with E-state index in [1.807, 2.05) is 6.07 Å². The lowest BCUT2D eigenvalue weighted by Gasteiger charge is -2.36. The van der Waals surface area contributed by atoms with Gasteiger partial charge >= 0.3 is 0 Å². The van der Waals surface area contributed by atoms with Gasteiger partial charge in [0.1, 0.15) is 5.94 Å². The molecule has 174 valence electrons. The van der Waals surface area contributed by atoms with Crippen LogP contribution in [0.15, 0.2) is 35.5 Å².